The van der Waals surface area contributed by atoms with Crippen molar-refractivity contribution < 1.29 is 28.8 Å². The maximum atomic E-state index is 12.5. The Morgan fingerprint density at radius 1 is 0.491 bits per heavy atom. The summed E-state index contributed by atoms with van der Waals surface area (Å²) in [7, 11) is 0. The second-order valence-corrected chi connectivity index (χ2v) is 11.7. The van der Waals surface area contributed by atoms with Gasteiger partial charge in [-0.2, -0.15) is 9.98 Å². The Hall–Kier alpha value is -7.28. The number of hydrogen-bond acceptors (Lipinski definition) is 8. The topological polar surface area (TPSA) is 223 Å². The molecule has 270 valence electrons. The number of aliphatic imine (C=N–C) groups is 2. The van der Waals surface area contributed by atoms with Gasteiger partial charge >= 0.3 is 24.1 Å². The molecule has 0 bridgehead atoms. The fourth-order valence-corrected chi connectivity index (χ4v) is 5.46. The number of isocyanates is 2. The summed E-state index contributed by atoms with van der Waals surface area (Å²) < 4.78 is 0. The Balaban J connectivity index is 0.973. The lowest BCUT2D eigenvalue weighted by Crippen LogP contribution is -2.34. The van der Waals surface area contributed by atoms with Crippen LogP contribution in [0.3, 0.4) is 0 Å². The molecule has 8 amide bonds. The van der Waals surface area contributed by atoms with E-state index in [1.54, 1.807) is 48.5 Å². The molecule has 8 N–H and O–H groups in total. The molecule has 0 atom stereocenters. The van der Waals surface area contributed by atoms with Crippen LogP contribution in [0.5, 0.6) is 0 Å². The van der Waals surface area contributed by atoms with E-state index >= 15 is 0 Å². The van der Waals surface area contributed by atoms with E-state index in [0.717, 1.165) is 22.3 Å². The monoisotopic (exact) mass is 716 g/mol. The molecule has 16 nitrogen and oxygen atoms in total. The largest absolute Gasteiger partial charge is 0.338 e. The van der Waals surface area contributed by atoms with Gasteiger partial charge in [0.25, 0.3) is 0 Å². The maximum absolute atomic E-state index is 12.5. The Kier molecular flexibility index (Phi) is 13.0. The second-order valence-electron chi connectivity index (χ2n) is 11.7. The molecule has 4 aromatic carbocycles. The average molecular weight is 717 g/mol. The number of carbonyl (C=O) groups excluding carboxylic acids is 6. The van der Waals surface area contributed by atoms with Crippen LogP contribution < -0.4 is 42.5 Å². The first-order valence-corrected chi connectivity index (χ1v) is 16.6. The van der Waals surface area contributed by atoms with Gasteiger partial charge in [0.05, 0.1) is 11.4 Å². The Morgan fingerprint density at radius 3 is 1.21 bits per heavy atom. The van der Waals surface area contributed by atoms with Crippen molar-refractivity contribution in [1.82, 2.24) is 21.3 Å². The van der Waals surface area contributed by atoms with Crippen LogP contribution in [0.25, 0.3) is 11.1 Å². The van der Waals surface area contributed by atoms with E-state index < -0.39 is 12.1 Å². The predicted octanol–water partition coefficient (Wildman–Crippen LogP) is 5.86. The van der Waals surface area contributed by atoms with Crippen molar-refractivity contribution in [2.75, 3.05) is 47.4 Å². The SMILES string of the molecule is O=C=Nc1cccc(NC(=O)NCCCNC(=O)Nc2ccc3c(c2)Cc2cc(NC(=O)NCCCNC(=O)Nc4cccc(N=C=O)c4)ccc2-3)c1. The Morgan fingerprint density at radius 2 is 0.849 bits per heavy atom. The molecule has 1 aliphatic rings. The first-order valence-electron chi connectivity index (χ1n) is 16.6. The lowest BCUT2D eigenvalue weighted by Gasteiger charge is -2.11. The molecule has 4 aromatic rings. The number of nitrogens with zero attached hydrogens (tertiary/aromatic N) is 2. The van der Waals surface area contributed by atoms with Gasteiger partial charge in [-0.3, -0.25) is 0 Å². The summed E-state index contributed by atoms with van der Waals surface area (Å²) >= 11 is 0. The van der Waals surface area contributed by atoms with E-state index in [0.29, 0.717) is 79.6 Å². The van der Waals surface area contributed by atoms with E-state index in [4.69, 9.17) is 0 Å². The van der Waals surface area contributed by atoms with Gasteiger partial charge in [0.2, 0.25) is 12.2 Å². The fourth-order valence-electron chi connectivity index (χ4n) is 5.46. The van der Waals surface area contributed by atoms with Gasteiger partial charge in [-0.15, -0.1) is 0 Å². The molecule has 0 fully saturated rings. The van der Waals surface area contributed by atoms with Crippen LogP contribution in [0.4, 0.5) is 53.3 Å². The molecular formula is C37H36N10O6. The molecule has 0 heterocycles. The van der Waals surface area contributed by atoms with Gasteiger partial charge in [0.15, 0.2) is 0 Å². The number of carbonyl (C=O) groups is 4. The third-order valence-electron chi connectivity index (χ3n) is 7.80. The first kappa shape index (κ1) is 37.0. The molecule has 0 saturated heterocycles. The van der Waals surface area contributed by atoms with Crippen molar-refractivity contribution in [3.8, 4) is 11.1 Å². The first-order chi connectivity index (χ1) is 25.8. The van der Waals surface area contributed by atoms with Crippen LogP contribution >= 0.6 is 0 Å². The van der Waals surface area contributed by atoms with E-state index in [9.17, 15) is 28.8 Å². The number of hydrogen-bond donors (Lipinski definition) is 8. The number of benzene rings is 4. The van der Waals surface area contributed by atoms with Gasteiger partial charge in [-0.05, 0) is 102 Å². The third-order valence-corrected chi connectivity index (χ3v) is 7.80. The zero-order chi connectivity index (χ0) is 37.4. The van der Waals surface area contributed by atoms with Crippen molar-refractivity contribution in [2.24, 2.45) is 9.98 Å². The van der Waals surface area contributed by atoms with Gasteiger partial charge in [0.1, 0.15) is 0 Å². The molecule has 0 spiro atoms. The quantitative estimate of drug-likeness (QED) is 0.0399. The summed E-state index contributed by atoms with van der Waals surface area (Å²) in [6.45, 7) is 1.32. The molecule has 5 rings (SSSR count). The highest BCUT2D eigenvalue weighted by atomic mass is 16.2. The summed E-state index contributed by atoms with van der Waals surface area (Å²) in [6, 6.07) is 22.8. The third kappa shape index (κ3) is 11.4. The molecule has 0 saturated carbocycles. The van der Waals surface area contributed by atoms with Crippen LogP contribution in [-0.4, -0.2) is 62.5 Å². The van der Waals surface area contributed by atoms with Crippen LogP contribution in [0.15, 0.2) is 94.9 Å². The van der Waals surface area contributed by atoms with Gasteiger partial charge in [0, 0.05) is 48.9 Å². The minimum atomic E-state index is -0.426. The normalized spacial score (nSPS) is 10.6. The lowest BCUT2D eigenvalue weighted by molar-refractivity contribution is 0.249. The summed E-state index contributed by atoms with van der Waals surface area (Å²) in [4.78, 5) is 77.1. The van der Waals surface area contributed by atoms with Crippen LogP contribution in [-0.2, 0) is 16.0 Å². The highest BCUT2D eigenvalue weighted by Crippen LogP contribution is 2.39. The van der Waals surface area contributed by atoms with Gasteiger partial charge in [-0.25, -0.2) is 28.8 Å². The molecule has 53 heavy (non-hydrogen) atoms. The molecule has 0 aromatic heterocycles. The standard InChI is InChI=1S/C37H36N10O6/c48-22-42-26-5-1-7-28(20-26)44-34(50)38-13-3-15-40-36(52)46-30-9-11-32-24(18-30)17-25-19-31(10-12-33(25)32)47-37(53)41-16-4-14-39-35(51)45-29-8-2-6-27(21-29)43-23-49/h1-2,5-12,18-21H,3-4,13-17H2,(H2,38,44,50)(H2,39,45,51)(H2,40,46,52)(H2,41,47,53). The van der Waals surface area contributed by atoms with Gasteiger partial charge in [-0.1, -0.05) is 24.3 Å². The Bertz CT molecular complexity index is 1950. The highest BCUT2D eigenvalue weighted by molar-refractivity contribution is 5.93. The summed E-state index contributed by atoms with van der Waals surface area (Å²) in [5.74, 6) is 0. The lowest BCUT2D eigenvalue weighted by atomic mass is 10.1. The number of rotatable bonds is 14. The number of urea groups is 4. The van der Waals surface area contributed by atoms with Crippen molar-refractivity contribution >= 4 is 70.4 Å². The van der Waals surface area contributed by atoms with E-state index in [1.165, 1.54) is 12.2 Å². The minimum absolute atomic E-state index is 0.324. The summed E-state index contributed by atoms with van der Waals surface area (Å²) in [5, 5.41) is 22.0. The van der Waals surface area contributed by atoms with Crippen molar-refractivity contribution in [2.45, 2.75) is 19.3 Å². The van der Waals surface area contributed by atoms with Crippen LogP contribution in [0.1, 0.15) is 24.0 Å². The number of nitrogens with one attached hydrogen (secondary N) is 8. The molecule has 0 aliphatic heterocycles. The molecule has 16 heteroatoms. The van der Waals surface area contributed by atoms with E-state index in [1.807, 2.05) is 36.4 Å². The highest BCUT2D eigenvalue weighted by Gasteiger charge is 2.20. The van der Waals surface area contributed by atoms with E-state index in [2.05, 4.69) is 52.5 Å². The number of anilines is 4. The van der Waals surface area contributed by atoms with Crippen molar-refractivity contribution in [3.05, 3.63) is 96.1 Å². The smallest absolute Gasteiger partial charge is 0.319 e. The minimum Gasteiger partial charge on any atom is -0.338 e. The van der Waals surface area contributed by atoms with Crippen LogP contribution in [0, 0.1) is 0 Å². The van der Waals surface area contributed by atoms with Gasteiger partial charge < -0.3 is 42.5 Å². The number of fused-ring (bicyclic) bond motifs is 3. The zero-order valence-electron chi connectivity index (χ0n) is 28.4. The van der Waals surface area contributed by atoms with Crippen molar-refractivity contribution in [1.29, 1.82) is 0 Å². The Labute approximate surface area is 303 Å². The predicted molar refractivity (Wildman–Crippen MR) is 200 cm³/mol. The summed E-state index contributed by atoms with van der Waals surface area (Å²) in [6.07, 6.45) is 4.53. The molecule has 1 aliphatic carbocycles. The van der Waals surface area contributed by atoms with E-state index in [-0.39, 0.29) is 12.1 Å². The molecule has 0 unspecified atom stereocenters. The van der Waals surface area contributed by atoms with Crippen LogP contribution in [0.2, 0.25) is 0 Å². The fraction of sp³-hybridized carbons (Fsp3) is 0.189. The molecule has 0 radical (unpaired) electrons. The molecular weight excluding hydrogens is 680 g/mol. The maximum Gasteiger partial charge on any atom is 0.319 e. The number of amides is 8. The van der Waals surface area contributed by atoms with Crippen molar-refractivity contribution in [3.63, 3.8) is 0 Å². The second kappa shape index (κ2) is 18.6. The summed E-state index contributed by atoms with van der Waals surface area (Å²) in [5.41, 5.74) is 7.16. The zero-order valence-corrected chi connectivity index (χ0v) is 28.4. The average Bonchev–Trinajstić information content (AvgIpc) is 3.49.